The lowest BCUT2D eigenvalue weighted by atomic mass is 10.1. The second-order valence-corrected chi connectivity index (χ2v) is 4.82. The van der Waals surface area contributed by atoms with Crippen molar-refractivity contribution < 1.29 is 0 Å². The molecule has 0 aromatic rings. The molecular formula is C8H19NSi. The zero-order chi connectivity index (χ0) is 8.31. The van der Waals surface area contributed by atoms with Gasteiger partial charge in [0.05, 0.1) is 0 Å². The van der Waals surface area contributed by atoms with Crippen LogP contribution in [0.3, 0.4) is 0 Å². The summed E-state index contributed by atoms with van der Waals surface area (Å²) in [5, 5.41) is 1.57. The topological polar surface area (TPSA) is 3.24 Å². The van der Waals surface area contributed by atoms with Crippen LogP contribution in [0.15, 0.2) is 10.8 Å². The van der Waals surface area contributed by atoms with Crippen molar-refractivity contribution in [2.24, 2.45) is 0 Å². The normalized spacial score (nSPS) is 17.4. The minimum atomic E-state index is 0.609. The molecule has 0 N–H and O–H groups in total. The largest absolute Gasteiger partial charge is 0.303 e. The predicted molar refractivity (Wildman–Crippen MR) is 51.5 cm³/mol. The standard InChI is InChI=1S/C8H19NSi/c1-6(8(3)10)7(2)9(4)5/h7H,1-5,10H3. The van der Waals surface area contributed by atoms with Crippen LogP contribution in [0.25, 0.3) is 0 Å². The Balaban J connectivity index is 4.22. The predicted octanol–water partition coefficient (Wildman–Crippen LogP) is 0.596. The third kappa shape index (κ3) is 2.67. The van der Waals surface area contributed by atoms with Gasteiger partial charge in [0, 0.05) is 16.3 Å². The van der Waals surface area contributed by atoms with Gasteiger partial charge in [-0.25, -0.2) is 0 Å². The molecule has 0 heterocycles. The Hall–Kier alpha value is -0.0831. The minimum Gasteiger partial charge on any atom is -0.303 e. The summed E-state index contributed by atoms with van der Waals surface area (Å²) >= 11 is 0. The van der Waals surface area contributed by atoms with Crippen molar-refractivity contribution in [3.05, 3.63) is 10.8 Å². The van der Waals surface area contributed by atoms with Gasteiger partial charge in [-0.2, -0.15) is 0 Å². The molecule has 10 heavy (non-hydrogen) atoms. The second-order valence-electron chi connectivity index (χ2n) is 3.32. The van der Waals surface area contributed by atoms with E-state index in [1.807, 2.05) is 0 Å². The van der Waals surface area contributed by atoms with Crippen molar-refractivity contribution >= 4 is 10.2 Å². The molecule has 1 nitrogen and oxygen atoms in total. The number of rotatable bonds is 2. The van der Waals surface area contributed by atoms with Crippen LogP contribution in [0.5, 0.6) is 0 Å². The fraction of sp³-hybridized carbons (Fsp3) is 0.750. The second kappa shape index (κ2) is 3.94. The average Bonchev–Trinajstić information content (AvgIpc) is 1.84. The van der Waals surface area contributed by atoms with Gasteiger partial charge in [0.2, 0.25) is 0 Å². The van der Waals surface area contributed by atoms with E-state index in [2.05, 4.69) is 39.8 Å². The van der Waals surface area contributed by atoms with Crippen LogP contribution in [0.1, 0.15) is 20.8 Å². The summed E-state index contributed by atoms with van der Waals surface area (Å²) in [6.45, 7) is 6.70. The quantitative estimate of drug-likeness (QED) is 0.531. The van der Waals surface area contributed by atoms with E-state index in [4.69, 9.17) is 0 Å². The van der Waals surface area contributed by atoms with E-state index in [-0.39, 0.29) is 0 Å². The molecule has 0 fully saturated rings. The lowest BCUT2D eigenvalue weighted by molar-refractivity contribution is 0.350. The molecule has 0 aliphatic heterocycles. The van der Waals surface area contributed by atoms with Crippen molar-refractivity contribution in [3.63, 3.8) is 0 Å². The summed E-state index contributed by atoms with van der Waals surface area (Å²) < 4.78 is 0. The van der Waals surface area contributed by atoms with Gasteiger partial charge in [-0.1, -0.05) is 10.8 Å². The van der Waals surface area contributed by atoms with E-state index in [0.29, 0.717) is 6.04 Å². The van der Waals surface area contributed by atoms with Crippen LogP contribution >= 0.6 is 0 Å². The minimum absolute atomic E-state index is 0.609. The lowest BCUT2D eigenvalue weighted by Gasteiger charge is -2.21. The Morgan fingerprint density at radius 1 is 1.30 bits per heavy atom. The Morgan fingerprint density at radius 3 is 1.80 bits per heavy atom. The van der Waals surface area contributed by atoms with Crippen molar-refractivity contribution in [2.45, 2.75) is 26.8 Å². The van der Waals surface area contributed by atoms with Crippen LogP contribution < -0.4 is 0 Å². The summed E-state index contributed by atoms with van der Waals surface area (Å²) in [7, 11) is 5.45. The highest BCUT2D eigenvalue weighted by molar-refractivity contribution is 6.21. The van der Waals surface area contributed by atoms with Crippen molar-refractivity contribution in [1.82, 2.24) is 4.90 Å². The van der Waals surface area contributed by atoms with Crippen LogP contribution in [-0.4, -0.2) is 35.3 Å². The maximum atomic E-state index is 2.25. The number of allylic oxidation sites excluding steroid dienone is 1. The fourth-order valence-corrected chi connectivity index (χ4v) is 1.22. The average molecular weight is 157 g/mol. The van der Waals surface area contributed by atoms with Crippen LogP contribution in [0.4, 0.5) is 0 Å². The molecule has 1 atom stereocenters. The highest BCUT2D eigenvalue weighted by Gasteiger charge is 2.06. The zero-order valence-electron chi connectivity index (χ0n) is 8.02. The van der Waals surface area contributed by atoms with Gasteiger partial charge in [0.25, 0.3) is 0 Å². The number of likely N-dealkylation sites (N-methyl/N-ethyl adjacent to an activating group) is 1. The Labute approximate surface area is 67.5 Å². The summed E-state index contributed by atoms with van der Waals surface area (Å²) in [5.74, 6) is 0. The fourth-order valence-electron chi connectivity index (χ4n) is 0.805. The molecule has 0 aliphatic rings. The highest BCUT2D eigenvalue weighted by atomic mass is 28.1. The molecule has 0 rings (SSSR count). The molecule has 0 radical (unpaired) electrons. The Bertz CT molecular complexity index is 134. The molecular weight excluding hydrogens is 138 g/mol. The summed E-state index contributed by atoms with van der Waals surface area (Å²) in [4.78, 5) is 2.25. The first kappa shape index (κ1) is 9.92. The van der Waals surface area contributed by atoms with Crippen molar-refractivity contribution in [3.8, 4) is 0 Å². The van der Waals surface area contributed by atoms with Gasteiger partial charge >= 0.3 is 0 Å². The summed E-state index contributed by atoms with van der Waals surface area (Å²) in [6.07, 6.45) is 0. The summed E-state index contributed by atoms with van der Waals surface area (Å²) in [5.41, 5.74) is 1.54. The van der Waals surface area contributed by atoms with Gasteiger partial charge in [-0.15, -0.1) is 0 Å². The van der Waals surface area contributed by atoms with Crippen molar-refractivity contribution in [1.29, 1.82) is 0 Å². The maximum Gasteiger partial charge on any atom is 0.0329 e. The number of hydrogen-bond acceptors (Lipinski definition) is 1. The van der Waals surface area contributed by atoms with E-state index in [9.17, 15) is 0 Å². The van der Waals surface area contributed by atoms with E-state index < -0.39 is 0 Å². The molecule has 0 saturated carbocycles. The molecule has 1 unspecified atom stereocenters. The molecule has 2 heteroatoms. The Morgan fingerprint density at radius 2 is 1.70 bits per heavy atom. The summed E-state index contributed by atoms with van der Waals surface area (Å²) in [6, 6.07) is 0.609. The van der Waals surface area contributed by atoms with Gasteiger partial charge < -0.3 is 4.90 Å². The smallest absolute Gasteiger partial charge is 0.0329 e. The highest BCUT2D eigenvalue weighted by Crippen LogP contribution is 2.08. The lowest BCUT2D eigenvalue weighted by Crippen LogP contribution is -2.26. The van der Waals surface area contributed by atoms with E-state index in [0.717, 1.165) is 0 Å². The monoisotopic (exact) mass is 157 g/mol. The van der Waals surface area contributed by atoms with Gasteiger partial charge in [0.1, 0.15) is 0 Å². The maximum absolute atomic E-state index is 2.25. The van der Waals surface area contributed by atoms with Gasteiger partial charge in [0.15, 0.2) is 0 Å². The third-order valence-corrected chi connectivity index (χ3v) is 2.98. The molecule has 0 spiro atoms. The van der Waals surface area contributed by atoms with Crippen molar-refractivity contribution in [2.75, 3.05) is 14.1 Å². The first-order chi connectivity index (χ1) is 4.46. The van der Waals surface area contributed by atoms with E-state index >= 15 is 0 Å². The van der Waals surface area contributed by atoms with Gasteiger partial charge in [-0.3, -0.25) is 0 Å². The molecule has 0 amide bonds. The SMILES string of the molecule is CC([SiH3])=C(C)C(C)N(C)C. The van der Waals surface area contributed by atoms with Crippen LogP contribution in [-0.2, 0) is 0 Å². The molecule has 60 valence electrons. The van der Waals surface area contributed by atoms with Crippen LogP contribution in [0, 0.1) is 0 Å². The van der Waals surface area contributed by atoms with E-state index in [1.54, 1.807) is 5.20 Å². The zero-order valence-corrected chi connectivity index (χ0v) is 10.0. The first-order valence-electron chi connectivity index (χ1n) is 3.77. The van der Waals surface area contributed by atoms with Gasteiger partial charge in [-0.05, 0) is 34.9 Å². The molecule has 0 aromatic carbocycles. The van der Waals surface area contributed by atoms with Crippen LogP contribution in [0.2, 0.25) is 0 Å². The van der Waals surface area contributed by atoms with E-state index in [1.165, 1.54) is 15.8 Å². The number of hydrogen-bond donors (Lipinski definition) is 0. The third-order valence-electron chi connectivity index (χ3n) is 2.19. The molecule has 0 bridgehead atoms. The first-order valence-corrected chi connectivity index (χ1v) is 4.77. The Kier molecular flexibility index (Phi) is 3.90. The molecule has 0 aliphatic carbocycles. The molecule has 0 saturated heterocycles. The number of nitrogens with zero attached hydrogens (tertiary/aromatic N) is 1. The molecule has 0 aromatic heterocycles.